The van der Waals surface area contributed by atoms with E-state index in [4.69, 9.17) is 27.9 Å². The van der Waals surface area contributed by atoms with Crippen molar-refractivity contribution in [3.63, 3.8) is 0 Å². The first-order valence-electron chi connectivity index (χ1n) is 8.40. The summed E-state index contributed by atoms with van der Waals surface area (Å²) in [6, 6.07) is 11.4. The number of rotatable bonds is 5. The van der Waals surface area contributed by atoms with Crippen LogP contribution in [0.2, 0.25) is 10.0 Å². The number of ether oxygens (including phenoxy) is 1. The molecule has 2 aromatic carbocycles. The smallest absolute Gasteiger partial charge is 0.265 e. The summed E-state index contributed by atoms with van der Waals surface area (Å²) >= 11 is 11.9. The van der Waals surface area contributed by atoms with Crippen LogP contribution in [-0.2, 0) is 4.79 Å². The molecule has 0 aromatic heterocycles. The SMILES string of the molecule is CC(Oc1ccc(Cl)cc1Cl)C(=O)Nc1ccc(C(=O)NC(C)(C)C)cc1. The summed E-state index contributed by atoms with van der Waals surface area (Å²) in [5.41, 5.74) is 0.754. The summed E-state index contributed by atoms with van der Waals surface area (Å²) in [5.74, 6) is -0.139. The second-order valence-corrected chi connectivity index (χ2v) is 7.95. The van der Waals surface area contributed by atoms with Crippen molar-refractivity contribution >= 4 is 40.7 Å². The lowest BCUT2D eigenvalue weighted by Gasteiger charge is -2.20. The Balaban J connectivity index is 1.97. The summed E-state index contributed by atoms with van der Waals surface area (Å²) in [7, 11) is 0. The lowest BCUT2D eigenvalue weighted by Crippen LogP contribution is -2.40. The van der Waals surface area contributed by atoms with Crippen LogP contribution in [0.1, 0.15) is 38.1 Å². The van der Waals surface area contributed by atoms with Gasteiger partial charge in [-0.25, -0.2) is 0 Å². The molecular formula is C20H22Cl2N2O3. The molecular weight excluding hydrogens is 387 g/mol. The van der Waals surface area contributed by atoms with Crippen LogP contribution >= 0.6 is 23.2 Å². The van der Waals surface area contributed by atoms with Gasteiger partial charge in [-0.3, -0.25) is 9.59 Å². The first-order valence-corrected chi connectivity index (χ1v) is 9.16. The largest absolute Gasteiger partial charge is 0.479 e. The van der Waals surface area contributed by atoms with E-state index in [9.17, 15) is 9.59 Å². The van der Waals surface area contributed by atoms with Crippen LogP contribution in [-0.4, -0.2) is 23.5 Å². The van der Waals surface area contributed by atoms with Crippen molar-refractivity contribution in [2.24, 2.45) is 0 Å². The second-order valence-electron chi connectivity index (χ2n) is 7.11. The number of benzene rings is 2. The lowest BCUT2D eigenvalue weighted by molar-refractivity contribution is -0.122. The number of halogens is 2. The van der Waals surface area contributed by atoms with E-state index in [1.54, 1.807) is 49.4 Å². The molecule has 0 fully saturated rings. The Morgan fingerprint density at radius 2 is 1.67 bits per heavy atom. The molecule has 2 N–H and O–H groups in total. The van der Waals surface area contributed by atoms with Gasteiger partial charge in [-0.2, -0.15) is 0 Å². The van der Waals surface area contributed by atoms with Gasteiger partial charge in [0.25, 0.3) is 11.8 Å². The van der Waals surface area contributed by atoms with Gasteiger partial charge < -0.3 is 15.4 Å². The predicted octanol–water partition coefficient (Wildman–Crippen LogP) is 4.93. The van der Waals surface area contributed by atoms with Crippen molar-refractivity contribution in [2.75, 3.05) is 5.32 Å². The molecule has 2 aromatic rings. The quantitative estimate of drug-likeness (QED) is 0.736. The molecule has 0 aliphatic carbocycles. The molecule has 0 bridgehead atoms. The number of amides is 2. The lowest BCUT2D eigenvalue weighted by atomic mass is 10.1. The van der Waals surface area contributed by atoms with Crippen LogP contribution in [0.3, 0.4) is 0 Å². The van der Waals surface area contributed by atoms with E-state index in [-0.39, 0.29) is 17.4 Å². The molecule has 7 heteroatoms. The molecule has 144 valence electrons. The monoisotopic (exact) mass is 408 g/mol. The van der Waals surface area contributed by atoms with Gasteiger partial charge in [0.05, 0.1) is 5.02 Å². The van der Waals surface area contributed by atoms with Crippen LogP contribution in [0.5, 0.6) is 5.75 Å². The average molecular weight is 409 g/mol. The van der Waals surface area contributed by atoms with Gasteiger partial charge in [0, 0.05) is 21.8 Å². The van der Waals surface area contributed by atoms with Crippen LogP contribution < -0.4 is 15.4 Å². The van der Waals surface area contributed by atoms with Gasteiger partial charge in [-0.1, -0.05) is 23.2 Å². The number of hydrogen-bond acceptors (Lipinski definition) is 3. The molecule has 2 amide bonds. The van der Waals surface area contributed by atoms with E-state index >= 15 is 0 Å². The standard InChI is InChI=1S/C20H22Cl2N2O3/c1-12(27-17-10-7-14(21)11-16(17)22)18(25)23-15-8-5-13(6-9-15)19(26)24-20(2,3)4/h5-12H,1-4H3,(H,23,25)(H,24,26). The van der Waals surface area contributed by atoms with Crippen LogP contribution in [0, 0.1) is 0 Å². The Labute approximate surface area is 169 Å². The molecule has 0 saturated heterocycles. The molecule has 0 radical (unpaired) electrons. The van der Waals surface area contributed by atoms with E-state index in [1.807, 2.05) is 20.8 Å². The van der Waals surface area contributed by atoms with E-state index in [0.29, 0.717) is 27.0 Å². The molecule has 0 spiro atoms. The van der Waals surface area contributed by atoms with Crippen LogP contribution in [0.4, 0.5) is 5.69 Å². The van der Waals surface area contributed by atoms with Gasteiger partial charge in [0.15, 0.2) is 6.10 Å². The zero-order valence-corrected chi connectivity index (χ0v) is 17.1. The Bertz CT molecular complexity index is 830. The first-order chi connectivity index (χ1) is 12.5. The Morgan fingerprint density at radius 3 is 2.22 bits per heavy atom. The number of hydrogen-bond donors (Lipinski definition) is 2. The van der Waals surface area contributed by atoms with E-state index in [1.165, 1.54) is 0 Å². The fraction of sp³-hybridized carbons (Fsp3) is 0.300. The van der Waals surface area contributed by atoms with Gasteiger partial charge in [-0.05, 0) is 70.2 Å². The zero-order valence-electron chi connectivity index (χ0n) is 15.6. The summed E-state index contributed by atoms with van der Waals surface area (Å²) in [4.78, 5) is 24.4. The summed E-state index contributed by atoms with van der Waals surface area (Å²) in [6.45, 7) is 7.35. The Morgan fingerprint density at radius 1 is 1.04 bits per heavy atom. The Hall–Kier alpha value is -2.24. The molecule has 27 heavy (non-hydrogen) atoms. The zero-order chi connectivity index (χ0) is 20.2. The summed E-state index contributed by atoms with van der Waals surface area (Å²) < 4.78 is 5.58. The minimum absolute atomic E-state index is 0.172. The van der Waals surface area contributed by atoms with Crippen molar-refractivity contribution < 1.29 is 14.3 Å². The maximum absolute atomic E-state index is 12.3. The Kier molecular flexibility index (Phi) is 6.73. The van der Waals surface area contributed by atoms with Gasteiger partial charge in [0.2, 0.25) is 0 Å². The molecule has 1 atom stereocenters. The third kappa shape index (κ3) is 6.45. The highest BCUT2D eigenvalue weighted by Gasteiger charge is 2.18. The fourth-order valence-corrected chi connectivity index (χ4v) is 2.63. The van der Waals surface area contributed by atoms with Crippen molar-refractivity contribution in [1.82, 2.24) is 5.32 Å². The van der Waals surface area contributed by atoms with Crippen molar-refractivity contribution in [2.45, 2.75) is 39.3 Å². The minimum Gasteiger partial charge on any atom is -0.479 e. The second kappa shape index (κ2) is 8.63. The highest BCUT2D eigenvalue weighted by Crippen LogP contribution is 2.28. The number of carbonyl (C=O) groups excluding carboxylic acids is 2. The van der Waals surface area contributed by atoms with Gasteiger partial charge >= 0.3 is 0 Å². The third-order valence-electron chi connectivity index (χ3n) is 3.47. The predicted molar refractivity (Wildman–Crippen MR) is 109 cm³/mol. The van der Waals surface area contributed by atoms with Crippen molar-refractivity contribution in [1.29, 1.82) is 0 Å². The molecule has 0 saturated carbocycles. The molecule has 0 heterocycles. The first kappa shape index (κ1) is 21.1. The summed E-state index contributed by atoms with van der Waals surface area (Å²) in [6.07, 6.45) is -0.771. The van der Waals surface area contributed by atoms with Crippen LogP contribution in [0.25, 0.3) is 0 Å². The maximum atomic E-state index is 12.3. The normalized spacial score (nSPS) is 12.2. The fourth-order valence-electron chi connectivity index (χ4n) is 2.18. The maximum Gasteiger partial charge on any atom is 0.265 e. The molecule has 0 aliphatic rings. The molecule has 5 nitrogen and oxygen atoms in total. The summed E-state index contributed by atoms with van der Waals surface area (Å²) in [5, 5.41) is 6.44. The third-order valence-corrected chi connectivity index (χ3v) is 4.00. The van der Waals surface area contributed by atoms with E-state index in [2.05, 4.69) is 10.6 Å². The average Bonchev–Trinajstić information content (AvgIpc) is 2.56. The minimum atomic E-state index is -0.771. The number of carbonyl (C=O) groups is 2. The molecule has 1 unspecified atom stereocenters. The van der Waals surface area contributed by atoms with Crippen molar-refractivity contribution in [3.8, 4) is 5.75 Å². The molecule has 0 aliphatic heterocycles. The molecule has 2 rings (SSSR count). The van der Waals surface area contributed by atoms with Gasteiger partial charge in [-0.15, -0.1) is 0 Å². The number of anilines is 1. The van der Waals surface area contributed by atoms with E-state index in [0.717, 1.165) is 0 Å². The van der Waals surface area contributed by atoms with Gasteiger partial charge in [0.1, 0.15) is 5.75 Å². The highest BCUT2D eigenvalue weighted by atomic mass is 35.5. The highest BCUT2D eigenvalue weighted by molar-refractivity contribution is 6.35. The van der Waals surface area contributed by atoms with Crippen LogP contribution in [0.15, 0.2) is 42.5 Å². The number of nitrogens with one attached hydrogen (secondary N) is 2. The van der Waals surface area contributed by atoms with Crippen molar-refractivity contribution in [3.05, 3.63) is 58.1 Å². The van der Waals surface area contributed by atoms with E-state index < -0.39 is 6.10 Å². The topological polar surface area (TPSA) is 67.4 Å².